The summed E-state index contributed by atoms with van der Waals surface area (Å²) in [6.07, 6.45) is 0. The fraction of sp³-hybridized carbons (Fsp3) is 0.538. The molecule has 0 bridgehead atoms. The van der Waals surface area contributed by atoms with Gasteiger partial charge in [-0.3, -0.25) is 0 Å². The van der Waals surface area contributed by atoms with Crippen LogP contribution >= 0.6 is 0 Å². The van der Waals surface area contributed by atoms with E-state index in [-0.39, 0.29) is 12.0 Å². The van der Waals surface area contributed by atoms with Gasteiger partial charge in [0.05, 0.1) is 32.3 Å². The van der Waals surface area contributed by atoms with E-state index < -0.39 is 0 Å². The minimum absolute atomic E-state index is 0.0813. The Bertz CT molecular complexity index is 358. The summed E-state index contributed by atoms with van der Waals surface area (Å²) < 4.78 is 10.4. The summed E-state index contributed by atoms with van der Waals surface area (Å²) in [6, 6.07) is 7.94. The van der Waals surface area contributed by atoms with Crippen LogP contribution in [0.4, 0.5) is 0 Å². The van der Waals surface area contributed by atoms with Gasteiger partial charge in [0.1, 0.15) is 5.75 Å². The molecule has 4 nitrogen and oxygen atoms in total. The van der Waals surface area contributed by atoms with Crippen molar-refractivity contribution in [1.29, 1.82) is 0 Å². The number of hydrogen-bond acceptors (Lipinski definition) is 4. The standard InChI is InChI=1S/C13H19NO3/c1-16-12-5-3-2-4-11(12)6-14-7-13(8-15)9-17-10-13/h2-5,14-15H,6-10H2,1H3. The third-order valence-electron chi connectivity index (χ3n) is 3.16. The van der Waals surface area contributed by atoms with Crippen LogP contribution in [0, 0.1) is 5.41 Å². The first-order chi connectivity index (χ1) is 8.29. The predicted molar refractivity (Wildman–Crippen MR) is 65.0 cm³/mol. The lowest BCUT2D eigenvalue weighted by Crippen LogP contribution is -2.52. The second-order valence-electron chi connectivity index (χ2n) is 4.57. The third kappa shape index (κ3) is 2.77. The third-order valence-corrected chi connectivity index (χ3v) is 3.16. The van der Waals surface area contributed by atoms with Crippen LogP contribution in [0.1, 0.15) is 5.56 Å². The second kappa shape index (κ2) is 5.49. The van der Waals surface area contributed by atoms with Crippen molar-refractivity contribution in [3.8, 4) is 5.75 Å². The van der Waals surface area contributed by atoms with Crippen LogP contribution in [0.3, 0.4) is 0 Å². The maximum Gasteiger partial charge on any atom is 0.123 e. The number of ether oxygens (including phenoxy) is 2. The fourth-order valence-electron chi connectivity index (χ4n) is 1.95. The van der Waals surface area contributed by atoms with E-state index in [0.717, 1.165) is 24.4 Å². The first kappa shape index (κ1) is 12.4. The van der Waals surface area contributed by atoms with Crippen molar-refractivity contribution in [2.24, 2.45) is 5.41 Å². The molecule has 1 aliphatic rings. The minimum Gasteiger partial charge on any atom is -0.496 e. The Morgan fingerprint density at radius 1 is 1.41 bits per heavy atom. The molecule has 0 unspecified atom stereocenters. The molecule has 0 spiro atoms. The molecule has 1 aliphatic heterocycles. The Morgan fingerprint density at radius 3 is 2.76 bits per heavy atom. The SMILES string of the molecule is COc1ccccc1CNCC1(CO)COC1. The molecule has 2 N–H and O–H groups in total. The van der Waals surface area contributed by atoms with Gasteiger partial charge in [0, 0.05) is 18.7 Å². The summed E-state index contributed by atoms with van der Waals surface area (Å²) in [4.78, 5) is 0. The number of hydrogen-bond donors (Lipinski definition) is 2. The number of aliphatic hydroxyl groups is 1. The van der Waals surface area contributed by atoms with Gasteiger partial charge in [0.25, 0.3) is 0 Å². The zero-order valence-corrected chi connectivity index (χ0v) is 10.1. The lowest BCUT2D eigenvalue weighted by Gasteiger charge is -2.40. The van der Waals surface area contributed by atoms with E-state index >= 15 is 0 Å². The number of nitrogens with one attached hydrogen (secondary N) is 1. The summed E-state index contributed by atoms with van der Waals surface area (Å²) in [7, 11) is 1.67. The molecular weight excluding hydrogens is 218 g/mol. The van der Waals surface area contributed by atoms with E-state index in [0.29, 0.717) is 13.2 Å². The van der Waals surface area contributed by atoms with Crippen LogP contribution in [0.25, 0.3) is 0 Å². The Balaban J connectivity index is 1.85. The Hall–Kier alpha value is -1.10. The van der Waals surface area contributed by atoms with Crippen molar-refractivity contribution in [2.45, 2.75) is 6.54 Å². The lowest BCUT2D eigenvalue weighted by atomic mass is 9.87. The van der Waals surface area contributed by atoms with Crippen LogP contribution in [-0.2, 0) is 11.3 Å². The Labute approximate surface area is 102 Å². The number of aliphatic hydroxyl groups excluding tert-OH is 1. The van der Waals surface area contributed by atoms with Gasteiger partial charge in [-0.25, -0.2) is 0 Å². The lowest BCUT2D eigenvalue weighted by molar-refractivity contribution is -0.134. The molecule has 0 saturated carbocycles. The van der Waals surface area contributed by atoms with Gasteiger partial charge in [-0.05, 0) is 6.07 Å². The van der Waals surface area contributed by atoms with Crippen molar-refractivity contribution < 1.29 is 14.6 Å². The molecule has 2 rings (SSSR count). The zero-order valence-electron chi connectivity index (χ0n) is 10.1. The van der Waals surface area contributed by atoms with Gasteiger partial charge in [-0.2, -0.15) is 0 Å². The van der Waals surface area contributed by atoms with E-state index in [2.05, 4.69) is 5.32 Å². The number of rotatable bonds is 6. The predicted octanol–water partition coefficient (Wildman–Crippen LogP) is 0.794. The molecular formula is C13H19NO3. The number of methoxy groups -OCH3 is 1. The monoisotopic (exact) mass is 237 g/mol. The molecule has 0 radical (unpaired) electrons. The summed E-state index contributed by atoms with van der Waals surface area (Å²) in [5, 5.41) is 12.6. The largest absolute Gasteiger partial charge is 0.496 e. The topological polar surface area (TPSA) is 50.7 Å². The van der Waals surface area contributed by atoms with Gasteiger partial charge >= 0.3 is 0 Å². The van der Waals surface area contributed by atoms with Crippen LogP contribution in [0.15, 0.2) is 24.3 Å². The van der Waals surface area contributed by atoms with E-state index in [1.165, 1.54) is 0 Å². The summed E-state index contributed by atoms with van der Waals surface area (Å²) in [6.45, 7) is 2.96. The highest BCUT2D eigenvalue weighted by atomic mass is 16.5. The normalized spacial score (nSPS) is 17.5. The minimum atomic E-state index is -0.0813. The van der Waals surface area contributed by atoms with E-state index in [4.69, 9.17) is 9.47 Å². The molecule has 1 saturated heterocycles. The summed E-state index contributed by atoms with van der Waals surface area (Å²) >= 11 is 0. The molecule has 0 amide bonds. The summed E-state index contributed by atoms with van der Waals surface area (Å²) in [5.74, 6) is 0.892. The van der Waals surface area contributed by atoms with Gasteiger partial charge in [0.2, 0.25) is 0 Å². The fourth-order valence-corrected chi connectivity index (χ4v) is 1.95. The highest BCUT2D eigenvalue weighted by Gasteiger charge is 2.37. The number of benzene rings is 1. The van der Waals surface area contributed by atoms with Crippen molar-refractivity contribution in [1.82, 2.24) is 5.32 Å². The van der Waals surface area contributed by atoms with Gasteiger partial charge in [-0.15, -0.1) is 0 Å². The molecule has 0 aliphatic carbocycles. The van der Waals surface area contributed by atoms with Crippen molar-refractivity contribution >= 4 is 0 Å². The second-order valence-corrected chi connectivity index (χ2v) is 4.57. The number of para-hydroxylation sites is 1. The maximum absolute atomic E-state index is 9.29. The van der Waals surface area contributed by atoms with Crippen LogP contribution in [0.5, 0.6) is 5.75 Å². The molecule has 1 aromatic carbocycles. The molecule has 0 atom stereocenters. The maximum atomic E-state index is 9.29. The first-order valence-electron chi connectivity index (χ1n) is 5.81. The highest BCUT2D eigenvalue weighted by Crippen LogP contribution is 2.26. The molecule has 17 heavy (non-hydrogen) atoms. The molecule has 4 heteroatoms. The summed E-state index contributed by atoms with van der Waals surface area (Å²) in [5.41, 5.74) is 1.05. The van der Waals surface area contributed by atoms with Gasteiger partial charge in [-0.1, -0.05) is 18.2 Å². The molecule has 94 valence electrons. The Kier molecular flexibility index (Phi) is 3.99. The average Bonchev–Trinajstić information content (AvgIpc) is 2.33. The van der Waals surface area contributed by atoms with Crippen LogP contribution in [-0.4, -0.2) is 38.6 Å². The molecule has 1 fully saturated rings. The van der Waals surface area contributed by atoms with Crippen molar-refractivity contribution in [2.75, 3.05) is 33.5 Å². The van der Waals surface area contributed by atoms with E-state index in [1.54, 1.807) is 7.11 Å². The highest BCUT2D eigenvalue weighted by molar-refractivity contribution is 5.32. The molecule has 0 aromatic heterocycles. The van der Waals surface area contributed by atoms with E-state index in [1.807, 2.05) is 24.3 Å². The van der Waals surface area contributed by atoms with Gasteiger partial charge < -0.3 is 19.9 Å². The Morgan fingerprint density at radius 2 is 2.18 bits per heavy atom. The van der Waals surface area contributed by atoms with Crippen LogP contribution in [0.2, 0.25) is 0 Å². The average molecular weight is 237 g/mol. The van der Waals surface area contributed by atoms with Crippen LogP contribution < -0.4 is 10.1 Å². The first-order valence-corrected chi connectivity index (χ1v) is 5.81. The zero-order chi connectivity index (χ0) is 12.1. The quantitative estimate of drug-likeness (QED) is 0.768. The molecule has 1 heterocycles. The van der Waals surface area contributed by atoms with Gasteiger partial charge in [0.15, 0.2) is 0 Å². The molecule has 1 aromatic rings. The van der Waals surface area contributed by atoms with E-state index in [9.17, 15) is 5.11 Å². The van der Waals surface area contributed by atoms with Crippen molar-refractivity contribution in [3.05, 3.63) is 29.8 Å². The smallest absolute Gasteiger partial charge is 0.123 e. The van der Waals surface area contributed by atoms with Crippen molar-refractivity contribution in [3.63, 3.8) is 0 Å².